The van der Waals surface area contributed by atoms with Gasteiger partial charge in [-0.25, -0.2) is 9.97 Å². The van der Waals surface area contributed by atoms with Crippen molar-refractivity contribution in [2.45, 2.75) is 24.3 Å². The third kappa shape index (κ3) is 1.68. The van der Waals surface area contributed by atoms with Crippen LogP contribution in [0.15, 0.2) is 17.8 Å². The number of hydrogen-bond acceptors (Lipinski definition) is 4. The van der Waals surface area contributed by atoms with E-state index in [-0.39, 0.29) is 0 Å². The number of fused-ring (bicyclic) bond motifs is 1. The van der Waals surface area contributed by atoms with Crippen LogP contribution in [0.4, 0.5) is 5.82 Å². The number of hydrogen-bond donors (Lipinski definition) is 1. The summed E-state index contributed by atoms with van der Waals surface area (Å²) < 4.78 is 1.13. The molecular formula is C10H10ClN3S. The lowest BCUT2D eigenvalue weighted by atomic mass is 9.92. The largest absolute Gasteiger partial charge is 0.366 e. The zero-order chi connectivity index (χ0) is 10.3. The molecule has 78 valence electrons. The van der Waals surface area contributed by atoms with Gasteiger partial charge in [0.05, 0.1) is 10.2 Å². The Morgan fingerprint density at radius 1 is 1.40 bits per heavy atom. The summed E-state index contributed by atoms with van der Waals surface area (Å²) in [5, 5.41) is 5.79. The van der Waals surface area contributed by atoms with Crippen LogP contribution < -0.4 is 5.32 Å². The maximum atomic E-state index is 5.94. The molecule has 0 aliphatic heterocycles. The van der Waals surface area contributed by atoms with Gasteiger partial charge in [0.2, 0.25) is 0 Å². The summed E-state index contributed by atoms with van der Waals surface area (Å²) in [6.45, 7) is 0. The number of thiophene rings is 1. The lowest BCUT2D eigenvalue weighted by Crippen LogP contribution is -2.36. The van der Waals surface area contributed by atoms with Crippen LogP contribution in [0.1, 0.15) is 12.8 Å². The summed E-state index contributed by atoms with van der Waals surface area (Å²) in [6, 6.07) is 2.49. The molecule has 2 aromatic rings. The zero-order valence-electron chi connectivity index (χ0n) is 7.98. The SMILES string of the molecule is ClC1CC(Nc2ncnc3ccsc23)C1. The van der Waals surface area contributed by atoms with E-state index in [1.54, 1.807) is 17.7 Å². The lowest BCUT2D eigenvalue weighted by Gasteiger charge is -2.31. The van der Waals surface area contributed by atoms with E-state index >= 15 is 0 Å². The second-order valence-electron chi connectivity index (χ2n) is 3.77. The molecule has 0 unspecified atom stereocenters. The van der Waals surface area contributed by atoms with Crippen molar-refractivity contribution in [2.24, 2.45) is 0 Å². The van der Waals surface area contributed by atoms with Crippen molar-refractivity contribution in [3.8, 4) is 0 Å². The maximum absolute atomic E-state index is 5.94. The smallest absolute Gasteiger partial charge is 0.147 e. The fraction of sp³-hybridized carbons (Fsp3) is 0.400. The van der Waals surface area contributed by atoms with Crippen LogP contribution in [-0.2, 0) is 0 Å². The normalized spacial score (nSPS) is 25.1. The van der Waals surface area contributed by atoms with Crippen molar-refractivity contribution >= 4 is 39.0 Å². The molecule has 1 aliphatic carbocycles. The first-order valence-corrected chi connectivity index (χ1v) is 6.23. The number of anilines is 1. The van der Waals surface area contributed by atoms with Gasteiger partial charge >= 0.3 is 0 Å². The minimum Gasteiger partial charge on any atom is -0.366 e. The molecular weight excluding hydrogens is 230 g/mol. The molecule has 0 saturated heterocycles. The third-order valence-corrected chi connectivity index (χ3v) is 3.93. The average molecular weight is 240 g/mol. The van der Waals surface area contributed by atoms with Gasteiger partial charge in [-0.3, -0.25) is 0 Å². The Bertz CT molecular complexity index is 478. The lowest BCUT2D eigenvalue weighted by molar-refractivity contribution is 0.454. The van der Waals surface area contributed by atoms with E-state index in [0.29, 0.717) is 11.4 Å². The first-order valence-electron chi connectivity index (χ1n) is 4.92. The van der Waals surface area contributed by atoms with Gasteiger partial charge in [-0.1, -0.05) is 0 Å². The number of alkyl halides is 1. The number of nitrogens with one attached hydrogen (secondary N) is 1. The molecule has 1 saturated carbocycles. The van der Waals surface area contributed by atoms with Crippen LogP contribution in [0.3, 0.4) is 0 Å². The fourth-order valence-corrected chi connectivity index (χ4v) is 2.98. The molecule has 5 heteroatoms. The maximum Gasteiger partial charge on any atom is 0.147 e. The molecule has 2 aromatic heterocycles. The first kappa shape index (κ1) is 9.36. The Balaban J connectivity index is 1.87. The van der Waals surface area contributed by atoms with E-state index in [9.17, 15) is 0 Å². The Kier molecular flexibility index (Phi) is 2.25. The van der Waals surface area contributed by atoms with Crippen LogP contribution in [0.5, 0.6) is 0 Å². The van der Waals surface area contributed by atoms with Gasteiger partial charge in [-0.05, 0) is 24.3 Å². The molecule has 1 fully saturated rings. The number of rotatable bonds is 2. The molecule has 0 spiro atoms. The van der Waals surface area contributed by atoms with Crippen LogP contribution in [0.25, 0.3) is 10.2 Å². The molecule has 0 amide bonds. The van der Waals surface area contributed by atoms with Gasteiger partial charge in [0.1, 0.15) is 12.1 Å². The van der Waals surface area contributed by atoms with Crippen LogP contribution in [0.2, 0.25) is 0 Å². The van der Waals surface area contributed by atoms with Crippen molar-refractivity contribution in [1.29, 1.82) is 0 Å². The summed E-state index contributed by atoms with van der Waals surface area (Å²) in [7, 11) is 0. The van der Waals surface area contributed by atoms with Gasteiger partial charge < -0.3 is 5.32 Å². The van der Waals surface area contributed by atoms with Crippen molar-refractivity contribution < 1.29 is 0 Å². The highest BCUT2D eigenvalue weighted by atomic mass is 35.5. The van der Waals surface area contributed by atoms with E-state index in [1.165, 1.54) is 0 Å². The molecule has 15 heavy (non-hydrogen) atoms. The Labute approximate surface area is 96.5 Å². The molecule has 1 aliphatic rings. The van der Waals surface area contributed by atoms with Gasteiger partial charge in [-0.2, -0.15) is 0 Å². The minimum absolute atomic E-state index is 0.336. The van der Waals surface area contributed by atoms with Crippen molar-refractivity contribution in [3.05, 3.63) is 17.8 Å². The first-order chi connectivity index (χ1) is 7.33. The van der Waals surface area contributed by atoms with E-state index in [1.807, 2.05) is 11.4 Å². The minimum atomic E-state index is 0.336. The van der Waals surface area contributed by atoms with E-state index in [2.05, 4.69) is 15.3 Å². The summed E-state index contributed by atoms with van der Waals surface area (Å²) in [5.41, 5.74) is 1.01. The fourth-order valence-electron chi connectivity index (χ4n) is 1.75. The van der Waals surface area contributed by atoms with Gasteiger partial charge in [0, 0.05) is 11.4 Å². The number of halogens is 1. The van der Waals surface area contributed by atoms with Gasteiger partial charge in [-0.15, -0.1) is 22.9 Å². The highest BCUT2D eigenvalue weighted by Crippen LogP contribution is 2.31. The van der Waals surface area contributed by atoms with Crippen molar-refractivity contribution in [2.75, 3.05) is 5.32 Å². The topological polar surface area (TPSA) is 37.8 Å². The second-order valence-corrected chi connectivity index (χ2v) is 5.30. The monoisotopic (exact) mass is 239 g/mol. The molecule has 3 rings (SSSR count). The number of nitrogens with zero attached hydrogens (tertiary/aromatic N) is 2. The Morgan fingerprint density at radius 2 is 2.27 bits per heavy atom. The van der Waals surface area contributed by atoms with Crippen molar-refractivity contribution in [1.82, 2.24) is 9.97 Å². The molecule has 1 N–H and O–H groups in total. The van der Waals surface area contributed by atoms with Crippen molar-refractivity contribution in [3.63, 3.8) is 0 Å². The Morgan fingerprint density at radius 3 is 3.07 bits per heavy atom. The number of aromatic nitrogens is 2. The molecule has 0 aromatic carbocycles. The van der Waals surface area contributed by atoms with Gasteiger partial charge in [0.25, 0.3) is 0 Å². The highest BCUT2D eigenvalue weighted by Gasteiger charge is 2.27. The molecule has 0 bridgehead atoms. The van der Waals surface area contributed by atoms with Crippen LogP contribution >= 0.6 is 22.9 Å². The van der Waals surface area contributed by atoms with E-state index in [4.69, 9.17) is 11.6 Å². The molecule has 0 atom stereocenters. The average Bonchev–Trinajstić information content (AvgIpc) is 2.64. The predicted octanol–water partition coefficient (Wildman–Crippen LogP) is 2.87. The Hall–Kier alpha value is -0.870. The van der Waals surface area contributed by atoms with Crippen LogP contribution in [0, 0.1) is 0 Å². The highest BCUT2D eigenvalue weighted by molar-refractivity contribution is 7.17. The second kappa shape index (κ2) is 3.61. The summed E-state index contributed by atoms with van der Waals surface area (Å²) in [4.78, 5) is 8.47. The predicted molar refractivity (Wildman–Crippen MR) is 63.7 cm³/mol. The van der Waals surface area contributed by atoms with Crippen LogP contribution in [-0.4, -0.2) is 21.4 Å². The molecule has 0 radical (unpaired) electrons. The van der Waals surface area contributed by atoms with Gasteiger partial charge in [0.15, 0.2) is 0 Å². The van der Waals surface area contributed by atoms with E-state index in [0.717, 1.165) is 28.9 Å². The summed E-state index contributed by atoms with van der Waals surface area (Å²) in [6.07, 6.45) is 3.66. The summed E-state index contributed by atoms with van der Waals surface area (Å²) >= 11 is 7.61. The third-order valence-electron chi connectivity index (χ3n) is 2.66. The molecule has 3 nitrogen and oxygen atoms in total. The summed E-state index contributed by atoms with van der Waals surface area (Å²) in [5.74, 6) is 0.948. The quantitative estimate of drug-likeness (QED) is 0.819. The zero-order valence-corrected chi connectivity index (χ0v) is 9.55. The van der Waals surface area contributed by atoms with E-state index < -0.39 is 0 Å². The molecule has 2 heterocycles. The standard InChI is InChI=1S/C10H10ClN3S/c11-6-3-7(4-6)14-10-9-8(1-2-15-9)12-5-13-10/h1-2,5-7H,3-4H2,(H,12,13,14).